The number of hydrogen-bond acceptors (Lipinski definition) is 3. The third kappa shape index (κ3) is 3.26. The van der Waals surface area contributed by atoms with Crippen molar-refractivity contribution in [2.24, 2.45) is 0 Å². The standard InChI is InChI=1S/C21H20N4OS/c22-15-16-6-4-9-18(14-16)23-20(27)25-13-5-12-24(25)19(26)21(10-11-21)17-7-2-1-3-8-17/h1-4,6-9,14H,5,10-13H2,(H,23,27). The first-order valence-electron chi connectivity index (χ1n) is 9.10. The molecule has 0 radical (unpaired) electrons. The zero-order valence-corrected chi connectivity index (χ0v) is 15.7. The maximum Gasteiger partial charge on any atom is 0.251 e. The van der Waals surface area contributed by atoms with Crippen molar-refractivity contribution in [2.45, 2.75) is 24.7 Å². The van der Waals surface area contributed by atoms with Gasteiger partial charge < -0.3 is 5.32 Å². The summed E-state index contributed by atoms with van der Waals surface area (Å²) in [6.45, 7) is 1.38. The highest BCUT2D eigenvalue weighted by Gasteiger charge is 2.54. The first-order valence-corrected chi connectivity index (χ1v) is 9.51. The van der Waals surface area contributed by atoms with Crippen molar-refractivity contribution < 1.29 is 4.79 Å². The average Bonchev–Trinajstić information content (AvgIpc) is 3.37. The van der Waals surface area contributed by atoms with Crippen LogP contribution in [0, 0.1) is 11.3 Å². The fraction of sp³-hybridized carbons (Fsp3) is 0.286. The zero-order valence-electron chi connectivity index (χ0n) is 14.9. The van der Waals surface area contributed by atoms with Crippen LogP contribution in [-0.4, -0.2) is 34.1 Å². The highest BCUT2D eigenvalue weighted by molar-refractivity contribution is 7.80. The first kappa shape index (κ1) is 17.5. The van der Waals surface area contributed by atoms with Crippen molar-refractivity contribution in [3.05, 3.63) is 65.7 Å². The molecule has 0 spiro atoms. The quantitative estimate of drug-likeness (QED) is 0.832. The molecule has 1 heterocycles. The molecule has 2 fully saturated rings. The Morgan fingerprint density at radius 2 is 1.81 bits per heavy atom. The van der Waals surface area contributed by atoms with Crippen molar-refractivity contribution in [3.63, 3.8) is 0 Å². The van der Waals surface area contributed by atoms with Crippen molar-refractivity contribution >= 4 is 28.9 Å². The lowest BCUT2D eigenvalue weighted by Crippen LogP contribution is -2.50. The molecule has 1 saturated carbocycles. The van der Waals surface area contributed by atoms with Gasteiger partial charge in [-0.05, 0) is 55.2 Å². The molecule has 27 heavy (non-hydrogen) atoms. The van der Waals surface area contributed by atoms with E-state index in [1.54, 1.807) is 17.1 Å². The molecule has 1 aliphatic heterocycles. The molecular weight excluding hydrogens is 356 g/mol. The van der Waals surface area contributed by atoms with E-state index in [9.17, 15) is 4.79 Å². The molecule has 2 aromatic rings. The van der Waals surface area contributed by atoms with E-state index < -0.39 is 5.41 Å². The van der Waals surface area contributed by atoms with Gasteiger partial charge >= 0.3 is 0 Å². The molecule has 0 unspecified atom stereocenters. The van der Waals surface area contributed by atoms with Gasteiger partial charge in [0.25, 0.3) is 5.91 Å². The fourth-order valence-corrected chi connectivity index (χ4v) is 3.95. The lowest BCUT2D eigenvalue weighted by molar-refractivity contribution is -0.141. The van der Waals surface area contributed by atoms with Gasteiger partial charge in [-0.2, -0.15) is 5.26 Å². The van der Waals surface area contributed by atoms with Gasteiger partial charge in [0.1, 0.15) is 0 Å². The Balaban J connectivity index is 1.51. The number of carbonyl (C=O) groups excluding carboxylic acids is 1. The van der Waals surface area contributed by atoms with Gasteiger partial charge in [-0.3, -0.25) is 14.8 Å². The maximum absolute atomic E-state index is 13.4. The fourth-order valence-electron chi connectivity index (χ4n) is 3.64. The Morgan fingerprint density at radius 3 is 2.52 bits per heavy atom. The summed E-state index contributed by atoms with van der Waals surface area (Å²) < 4.78 is 0. The lowest BCUT2D eigenvalue weighted by atomic mass is 9.95. The number of thiocarbonyl (C=S) groups is 1. The van der Waals surface area contributed by atoms with Crippen LogP contribution in [0.1, 0.15) is 30.4 Å². The summed E-state index contributed by atoms with van der Waals surface area (Å²) in [7, 11) is 0. The summed E-state index contributed by atoms with van der Waals surface area (Å²) in [6.07, 6.45) is 2.64. The maximum atomic E-state index is 13.4. The molecule has 2 aromatic carbocycles. The number of hydrazine groups is 1. The predicted molar refractivity (Wildman–Crippen MR) is 108 cm³/mol. The second-order valence-electron chi connectivity index (χ2n) is 6.98. The van der Waals surface area contributed by atoms with Gasteiger partial charge in [0, 0.05) is 18.8 Å². The molecule has 1 amide bonds. The van der Waals surface area contributed by atoms with Crippen molar-refractivity contribution in [1.29, 1.82) is 5.26 Å². The molecule has 0 atom stereocenters. The van der Waals surface area contributed by atoms with Crippen LogP contribution in [0.2, 0.25) is 0 Å². The van der Waals surface area contributed by atoms with E-state index >= 15 is 0 Å². The summed E-state index contributed by atoms with van der Waals surface area (Å²) in [4.78, 5) is 13.4. The molecular formula is C21H20N4OS. The first-order chi connectivity index (χ1) is 13.1. The molecule has 4 rings (SSSR count). The minimum Gasteiger partial charge on any atom is -0.331 e. The SMILES string of the molecule is N#Cc1cccc(NC(=S)N2CCCN2C(=O)C2(c3ccccc3)CC2)c1. The Kier molecular flexibility index (Phi) is 4.54. The molecule has 136 valence electrons. The summed E-state index contributed by atoms with van der Waals surface area (Å²) in [5.74, 6) is 0.126. The number of nitriles is 1. The molecule has 0 aromatic heterocycles. The van der Waals surface area contributed by atoms with Crippen molar-refractivity contribution in [3.8, 4) is 6.07 Å². The number of benzene rings is 2. The Bertz CT molecular complexity index is 917. The number of amides is 1. The van der Waals surface area contributed by atoms with Crippen LogP contribution in [0.25, 0.3) is 0 Å². The van der Waals surface area contributed by atoms with Gasteiger partial charge in [0.2, 0.25) is 0 Å². The molecule has 0 bridgehead atoms. The zero-order chi connectivity index (χ0) is 18.9. The Hall–Kier alpha value is -2.91. The van der Waals surface area contributed by atoms with Crippen LogP contribution < -0.4 is 5.32 Å². The molecule has 6 heteroatoms. The van der Waals surface area contributed by atoms with E-state index in [0.717, 1.165) is 30.5 Å². The number of carbonyl (C=O) groups is 1. The lowest BCUT2D eigenvalue weighted by Gasteiger charge is -2.33. The second kappa shape index (κ2) is 7.01. The second-order valence-corrected chi connectivity index (χ2v) is 7.36. The van der Waals surface area contributed by atoms with Crippen molar-refractivity contribution in [1.82, 2.24) is 10.0 Å². The number of hydrogen-bond donors (Lipinski definition) is 1. The number of anilines is 1. The molecule has 5 nitrogen and oxygen atoms in total. The number of rotatable bonds is 3. The summed E-state index contributed by atoms with van der Waals surface area (Å²) >= 11 is 5.57. The van der Waals surface area contributed by atoms with Crippen LogP contribution in [0.4, 0.5) is 5.69 Å². The minimum atomic E-state index is -0.403. The average molecular weight is 376 g/mol. The van der Waals surface area contributed by atoms with E-state index in [1.807, 2.05) is 47.5 Å². The smallest absolute Gasteiger partial charge is 0.251 e. The molecule has 1 aliphatic carbocycles. The predicted octanol–water partition coefficient (Wildman–Crippen LogP) is 3.44. The van der Waals surface area contributed by atoms with Crippen LogP contribution in [0.15, 0.2) is 54.6 Å². The van der Waals surface area contributed by atoms with Crippen LogP contribution in [-0.2, 0) is 10.2 Å². The van der Waals surface area contributed by atoms with Gasteiger partial charge in [0.15, 0.2) is 5.11 Å². The third-order valence-electron chi connectivity index (χ3n) is 5.23. The molecule has 2 aliphatic rings. The van der Waals surface area contributed by atoms with Gasteiger partial charge in [-0.15, -0.1) is 0 Å². The van der Waals surface area contributed by atoms with E-state index in [1.165, 1.54) is 0 Å². The monoisotopic (exact) mass is 376 g/mol. The molecule has 1 N–H and O–H groups in total. The normalized spacial score (nSPS) is 17.3. The van der Waals surface area contributed by atoms with E-state index in [0.29, 0.717) is 23.8 Å². The number of nitrogens with one attached hydrogen (secondary N) is 1. The highest BCUT2D eigenvalue weighted by atomic mass is 32.1. The summed E-state index contributed by atoms with van der Waals surface area (Å²) in [5, 5.41) is 16.4. The van der Waals surface area contributed by atoms with Gasteiger partial charge in [0.05, 0.1) is 17.0 Å². The van der Waals surface area contributed by atoms with E-state index in [4.69, 9.17) is 17.5 Å². The van der Waals surface area contributed by atoms with Gasteiger partial charge in [-0.25, -0.2) is 0 Å². The van der Waals surface area contributed by atoms with Crippen LogP contribution in [0.5, 0.6) is 0 Å². The van der Waals surface area contributed by atoms with E-state index in [2.05, 4.69) is 11.4 Å². The highest BCUT2D eigenvalue weighted by Crippen LogP contribution is 2.50. The van der Waals surface area contributed by atoms with Gasteiger partial charge in [-0.1, -0.05) is 36.4 Å². The third-order valence-corrected chi connectivity index (χ3v) is 5.54. The molecule has 1 saturated heterocycles. The summed E-state index contributed by atoms with van der Waals surface area (Å²) in [5.41, 5.74) is 2.00. The Morgan fingerprint density at radius 1 is 1.07 bits per heavy atom. The largest absolute Gasteiger partial charge is 0.331 e. The topological polar surface area (TPSA) is 59.4 Å². The van der Waals surface area contributed by atoms with E-state index in [-0.39, 0.29) is 5.91 Å². The summed E-state index contributed by atoms with van der Waals surface area (Å²) in [6, 6.07) is 19.3. The Labute approximate surface area is 164 Å². The van der Waals surface area contributed by atoms with Crippen molar-refractivity contribution in [2.75, 3.05) is 18.4 Å². The van der Waals surface area contributed by atoms with Crippen LogP contribution in [0.3, 0.4) is 0 Å². The number of nitrogens with zero attached hydrogens (tertiary/aromatic N) is 3. The van der Waals surface area contributed by atoms with Crippen LogP contribution >= 0.6 is 12.2 Å². The minimum absolute atomic E-state index is 0.126.